The number of likely N-dealkylation sites (N-methyl/N-ethyl adjacent to an activating group) is 1. The molecule has 6 nitrogen and oxygen atoms in total. The van der Waals surface area contributed by atoms with Gasteiger partial charge in [0, 0.05) is 31.7 Å². The molecule has 17 heavy (non-hydrogen) atoms. The fourth-order valence-corrected chi connectivity index (χ4v) is 2.27. The minimum Gasteiger partial charge on any atom is -0.354 e. The highest BCUT2D eigenvalue weighted by Crippen LogP contribution is 2.18. The van der Waals surface area contributed by atoms with Crippen molar-refractivity contribution in [1.82, 2.24) is 14.9 Å². The normalized spacial score (nSPS) is 21.6. The van der Waals surface area contributed by atoms with Gasteiger partial charge in [-0.2, -0.15) is 0 Å². The van der Waals surface area contributed by atoms with Gasteiger partial charge in [-0.1, -0.05) is 6.92 Å². The maximum absolute atomic E-state index is 5.35. The van der Waals surface area contributed by atoms with E-state index in [0.717, 1.165) is 32.0 Å². The first kappa shape index (κ1) is 12.1. The van der Waals surface area contributed by atoms with Crippen LogP contribution in [0.25, 0.3) is 0 Å². The highest BCUT2D eigenvalue weighted by atomic mass is 15.3. The quantitative estimate of drug-likeness (QED) is 0.581. The third-order valence-electron chi connectivity index (χ3n) is 3.30. The third kappa shape index (κ3) is 2.65. The number of aromatic nitrogens is 2. The molecule has 0 saturated carbocycles. The third-order valence-corrected chi connectivity index (χ3v) is 3.30. The minimum absolute atomic E-state index is 0.554. The molecule has 1 aliphatic rings. The first-order valence-electron chi connectivity index (χ1n) is 6.02. The van der Waals surface area contributed by atoms with E-state index in [0.29, 0.717) is 11.9 Å². The number of nitrogens with one attached hydrogen (secondary N) is 1. The van der Waals surface area contributed by atoms with Gasteiger partial charge in [0.2, 0.25) is 0 Å². The number of nitrogen functional groups attached to an aromatic ring is 1. The molecular formula is C11H20N6. The van der Waals surface area contributed by atoms with Crippen molar-refractivity contribution in [2.24, 2.45) is 5.84 Å². The van der Waals surface area contributed by atoms with E-state index in [2.05, 4.69) is 39.0 Å². The molecule has 0 spiro atoms. The standard InChI is InChI=1S/C11H20N6/c1-3-16-4-5-17(7-9(16)2)11-6-10(15-12)13-8-14-11/h6,8-9H,3-5,7,12H2,1-2H3,(H,13,14,15). The summed E-state index contributed by atoms with van der Waals surface area (Å²) in [7, 11) is 0. The van der Waals surface area contributed by atoms with Crippen LogP contribution in [0.1, 0.15) is 13.8 Å². The average molecular weight is 236 g/mol. The Labute approximate surface area is 102 Å². The molecule has 1 aliphatic heterocycles. The van der Waals surface area contributed by atoms with Crippen LogP contribution in [0.3, 0.4) is 0 Å². The van der Waals surface area contributed by atoms with Crippen molar-refractivity contribution >= 4 is 11.6 Å². The van der Waals surface area contributed by atoms with Crippen LogP contribution in [-0.2, 0) is 0 Å². The topological polar surface area (TPSA) is 70.3 Å². The number of nitrogens with two attached hydrogens (primary N) is 1. The Balaban J connectivity index is 2.08. The van der Waals surface area contributed by atoms with Crippen LogP contribution >= 0.6 is 0 Å². The minimum atomic E-state index is 0.554. The van der Waals surface area contributed by atoms with Crippen LogP contribution in [0.4, 0.5) is 11.6 Å². The lowest BCUT2D eigenvalue weighted by molar-refractivity contribution is 0.199. The molecule has 1 saturated heterocycles. The molecule has 0 aromatic carbocycles. The highest BCUT2D eigenvalue weighted by Gasteiger charge is 2.23. The zero-order chi connectivity index (χ0) is 12.3. The maximum atomic E-state index is 5.35. The van der Waals surface area contributed by atoms with Crippen LogP contribution < -0.4 is 16.2 Å². The molecule has 0 aliphatic carbocycles. The van der Waals surface area contributed by atoms with Gasteiger partial charge >= 0.3 is 0 Å². The van der Waals surface area contributed by atoms with Gasteiger partial charge in [0.05, 0.1) is 0 Å². The lowest BCUT2D eigenvalue weighted by atomic mass is 10.2. The van der Waals surface area contributed by atoms with Gasteiger partial charge in [0.15, 0.2) is 0 Å². The van der Waals surface area contributed by atoms with Crippen molar-refractivity contribution in [3.8, 4) is 0 Å². The molecule has 6 heteroatoms. The molecule has 94 valence electrons. The van der Waals surface area contributed by atoms with E-state index >= 15 is 0 Å². The molecule has 2 heterocycles. The summed E-state index contributed by atoms with van der Waals surface area (Å²) in [5.41, 5.74) is 2.55. The number of hydrogen-bond donors (Lipinski definition) is 2. The van der Waals surface area contributed by atoms with Crippen LogP contribution in [0, 0.1) is 0 Å². The number of anilines is 2. The first-order chi connectivity index (χ1) is 8.24. The van der Waals surface area contributed by atoms with E-state index in [9.17, 15) is 0 Å². The van der Waals surface area contributed by atoms with Crippen molar-refractivity contribution in [2.45, 2.75) is 19.9 Å². The van der Waals surface area contributed by atoms with E-state index in [1.54, 1.807) is 6.33 Å². The molecule has 2 rings (SSSR count). The van der Waals surface area contributed by atoms with E-state index in [-0.39, 0.29) is 0 Å². The summed E-state index contributed by atoms with van der Waals surface area (Å²) < 4.78 is 0. The Morgan fingerprint density at radius 2 is 2.29 bits per heavy atom. The molecule has 0 amide bonds. The van der Waals surface area contributed by atoms with Crippen LogP contribution in [-0.4, -0.2) is 47.1 Å². The van der Waals surface area contributed by atoms with E-state index in [1.807, 2.05) is 6.07 Å². The molecule has 1 aromatic rings. The summed E-state index contributed by atoms with van der Waals surface area (Å²) in [6.45, 7) is 8.63. The summed E-state index contributed by atoms with van der Waals surface area (Å²) in [5, 5.41) is 0. The largest absolute Gasteiger partial charge is 0.354 e. The Kier molecular flexibility index (Phi) is 3.75. The van der Waals surface area contributed by atoms with Crippen molar-refractivity contribution in [3.05, 3.63) is 12.4 Å². The van der Waals surface area contributed by atoms with E-state index in [1.165, 1.54) is 0 Å². The van der Waals surface area contributed by atoms with Crippen molar-refractivity contribution in [2.75, 3.05) is 36.5 Å². The summed E-state index contributed by atoms with van der Waals surface area (Å²) in [6.07, 6.45) is 1.54. The maximum Gasteiger partial charge on any atom is 0.145 e. The summed E-state index contributed by atoms with van der Waals surface area (Å²) in [6, 6.07) is 2.44. The second-order valence-electron chi connectivity index (χ2n) is 4.33. The van der Waals surface area contributed by atoms with Gasteiger partial charge in [-0.25, -0.2) is 15.8 Å². The molecule has 1 fully saturated rings. The zero-order valence-corrected chi connectivity index (χ0v) is 10.4. The van der Waals surface area contributed by atoms with Gasteiger partial charge in [-0.3, -0.25) is 4.90 Å². The lowest BCUT2D eigenvalue weighted by Gasteiger charge is -2.39. The predicted octanol–water partition coefficient (Wildman–Crippen LogP) is 0.293. The smallest absolute Gasteiger partial charge is 0.145 e. The molecule has 0 radical (unpaired) electrons. The lowest BCUT2D eigenvalue weighted by Crippen LogP contribution is -2.52. The zero-order valence-electron chi connectivity index (χ0n) is 10.4. The Morgan fingerprint density at radius 1 is 1.47 bits per heavy atom. The molecule has 3 N–H and O–H groups in total. The second-order valence-corrected chi connectivity index (χ2v) is 4.33. The number of nitrogens with zero attached hydrogens (tertiary/aromatic N) is 4. The highest BCUT2D eigenvalue weighted by molar-refractivity contribution is 5.48. The monoisotopic (exact) mass is 236 g/mol. The molecule has 1 aromatic heterocycles. The predicted molar refractivity (Wildman–Crippen MR) is 68.8 cm³/mol. The van der Waals surface area contributed by atoms with E-state index < -0.39 is 0 Å². The van der Waals surface area contributed by atoms with Gasteiger partial charge in [-0.15, -0.1) is 0 Å². The number of rotatable bonds is 3. The molecule has 1 atom stereocenters. The fourth-order valence-electron chi connectivity index (χ4n) is 2.27. The van der Waals surface area contributed by atoms with Crippen molar-refractivity contribution in [1.29, 1.82) is 0 Å². The molecule has 1 unspecified atom stereocenters. The SMILES string of the molecule is CCN1CCN(c2cc(NN)ncn2)CC1C. The van der Waals surface area contributed by atoms with Crippen LogP contribution in [0.15, 0.2) is 12.4 Å². The fraction of sp³-hybridized carbons (Fsp3) is 0.636. The van der Waals surface area contributed by atoms with E-state index in [4.69, 9.17) is 5.84 Å². The Morgan fingerprint density at radius 3 is 2.94 bits per heavy atom. The average Bonchev–Trinajstić information content (AvgIpc) is 2.38. The Hall–Kier alpha value is -1.40. The Bertz CT molecular complexity index is 369. The summed E-state index contributed by atoms with van der Waals surface area (Å²) >= 11 is 0. The summed E-state index contributed by atoms with van der Waals surface area (Å²) in [4.78, 5) is 13.1. The number of piperazine rings is 1. The second kappa shape index (κ2) is 5.29. The molecular weight excluding hydrogens is 216 g/mol. The van der Waals surface area contributed by atoms with Gasteiger partial charge in [0.25, 0.3) is 0 Å². The van der Waals surface area contributed by atoms with Crippen LogP contribution in [0.5, 0.6) is 0 Å². The van der Waals surface area contributed by atoms with Gasteiger partial charge in [0.1, 0.15) is 18.0 Å². The van der Waals surface area contributed by atoms with Crippen molar-refractivity contribution < 1.29 is 0 Å². The van der Waals surface area contributed by atoms with Crippen molar-refractivity contribution in [3.63, 3.8) is 0 Å². The number of hydrogen-bond acceptors (Lipinski definition) is 6. The number of hydrazine groups is 1. The van der Waals surface area contributed by atoms with Gasteiger partial charge < -0.3 is 10.3 Å². The summed E-state index contributed by atoms with van der Waals surface area (Å²) in [5.74, 6) is 6.95. The first-order valence-corrected chi connectivity index (χ1v) is 6.02. The van der Waals surface area contributed by atoms with Crippen LogP contribution in [0.2, 0.25) is 0 Å². The van der Waals surface area contributed by atoms with Gasteiger partial charge in [-0.05, 0) is 13.5 Å². The molecule has 0 bridgehead atoms.